The first-order valence-corrected chi connectivity index (χ1v) is 10.2. The Morgan fingerprint density at radius 1 is 1.03 bits per heavy atom. The van der Waals surface area contributed by atoms with Gasteiger partial charge in [0.1, 0.15) is 0 Å². The molecule has 2 heterocycles. The standard InChI is InChI=1S/C23H26N4O3/c28-22(16-27-12-14-30-15-13-27)26-21-6-2-1-5-19(21)23(29)25-10-8-17-4-3-7-20-18(17)9-11-24-20/h1-7,9,11,24H,8,10,12-16H2,(H,25,29)(H,26,28). The molecule has 2 aromatic carbocycles. The van der Waals surface area contributed by atoms with Crippen LogP contribution in [0, 0.1) is 0 Å². The number of rotatable bonds is 7. The van der Waals surface area contributed by atoms with E-state index < -0.39 is 0 Å². The molecule has 4 rings (SSSR count). The van der Waals surface area contributed by atoms with Gasteiger partial charge >= 0.3 is 0 Å². The Labute approximate surface area is 175 Å². The maximum Gasteiger partial charge on any atom is 0.253 e. The molecule has 3 aromatic rings. The molecular weight excluding hydrogens is 380 g/mol. The fourth-order valence-electron chi connectivity index (χ4n) is 3.72. The van der Waals surface area contributed by atoms with Crippen molar-refractivity contribution >= 4 is 28.4 Å². The van der Waals surface area contributed by atoms with Crippen molar-refractivity contribution in [1.82, 2.24) is 15.2 Å². The number of ether oxygens (including phenoxy) is 1. The molecule has 0 atom stereocenters. The zero-order valence-corrected chi connectivity index (χ0v) is 16.8. The lowest BCUT2D eigenvalue weighted by Crippen LogP contribution is -2.41. The van der Waals surface area contributed by atoms with Gasteiger partial charge in [-0.05, 0) is 36.2 Å². The number of nitrogens with one attached hydrogen (secondary N) is 3. The van der Waals surface area contributed by atoms with Gasteiger partial charge in [0.15, 0.2) is 0 Å². The van der Waals surface area contributed by atoms with Crippen LogP contribution in [0.1, 0.15) is 15.9 Å². The maximum atomic E-state index is 12.7. The van der Waals surface area contributed by atoms with Crippen molar-refractivity contribution in [2.24, 2.45) is 0 Å². The first-order chi connectivity index (χ1) is 14.7. The number of H-pyrrole nitrogens is 1. The zero-order valence-electron chi connectivity index (χ0n) is 16.8. The fraction of sp³-hybridized carbons (Fsp3) is 0.304. The minimum absolute atomic E-state index is 0.128. The Hall–Kier alpha value is -3.16. The number of nitrogens with zero attached hydrogens (tertiary/aromatic N) is 1. The monoisotopic (exact) mass is 406 g/mol. The van der Waals surface area contributed by atoms with Crippen molar-refractivity contribution in [2.75, 3.05) is 44.7 Å². The molecule has 7 heteroatoms. The Kier molecular flexibility index (Phi) is 6.41. The van der Waals surface area contributed by atoms with Crippen LogP contribution in [0.15, 0.2) is 54.7 Å². The average molecular weight is 406 g/mol. The van der Waals surface area contributed by atoms with Gasteiger partial charge in [-0.25, -0.2) is 0 Å². The van der Waals surface area contributed by atoms with Crippen molar-refractivity contribution < 1.29 is 14.3 Å². The molecule has 0 radical (unpaired) electrons. The largest absolute Gasteiger partial charge is 0.379 e. The van der Waals surface area contributed by atoms with E-state index in [-0.39, 0.29) is 11.8 Å². The van der Waals surface area contributed by atoms with Gasteiger partial charge in [0.25, 0.3) is 5.91 Å². The minimum atomic E-state index is -0.196. The van der Waals surface area contributed by atoms with Gasteiger partial charge in [-0.3, -0.25) is 14.5 Å². The third-order valence-electron chi connectivity index (χ3n) is 5.28. The van der Waals surface area contributed by atoms with Gasteiger partial charge in [0, 0.05) is 36.7 Å². The van der Waals surface area contributed by atoms with Gasteiger partial charge in [-0.1, -0.05) is 24.3 Å². The van der Waals surface area contributed by atoms with E-state index in [0.717, 1.165) is 25.0 Å². The van der Waals surface area contributed by atoms with Crippen LogP contribution in [0.5, 0.6) is 0 Å². The molecule has 156 valence electrons. The Morgan fingerprint density at radius 2 is 1.87 bits per heavy atom. The molecule has 0 unspecified atom stereocenters. The lowest BCUT2D eigenvalue weighted by Gasteiger charge is -2.25. The van der Waals surface area contributed by atoms with Gasteiger partial charge in [0.2, 0.25) is 5.91 Å². The predicted molar refractivity (Wildman–Crippen MR) is 117 cm³/mol. The number of fused-ring (bicyclic) bond motifs is 1. The Morgan fingerprint density at radius 3 is 2.73 bits per heavy atom. The fourth-order valence-corrected chi connectivity index (χ4v) is 3.72. The summed E-state index contributed by atoms with van der Waals surface area (Å²) >= 11 is 0. The van der Waals surface area contributed by atoms with Crippen LogP contribution in [0.25, 0.3) is 10.9 Å². The SMILES string of the molecule is O=C(CN1CCOCC1)Nc1ccccc1C(=O)NCCc1cccc2[nH]ccc12. The first kappa shape index (κ1) is 20.1. The highest BCUT2D eigenvalue weighted by molar-refractivity contribution is 6.04. The van der Waals surface area contributed by atoms with Gasteiger partial charge in [-0.2, -0.15) is 0 Å². The summed E-state index contributed by atoms with van der Waals surface area (Å²) in [6.07, 6.45) is 2.65. The number of para-hydroxylation sites is 1. The molecule has 0 aliphatic carbocycles. The highest BCUT2D eigenvalue weighted by Crippen LogP contribution is 2.18. The number of carbonyl (C=O) groups is 2. The lowest BCUT2D eigenvalue weighted by molar-refractivity contribution is -0.118. The molecule has 3 N–H and O–H groups in total. The topological polar surface area (TPSA) is 86.5 Å². The average Bonchev–Trinajstić information content (AvgIpc) is 3.24. The van der Waals surface area contributed by atoms with E-state index in [4.69, 9.17) is 4.74 Å². The van der Waals surface area contributed by atoms with Crippen molar-refractivity contribution in [3.05, 3.63) is 65.9 Å². The van der Waals surface area contributed by atoms with E-state index >= 15 is 0 Å². The molecule has 1 fully saturated rings. The summed E-state index contributed by atoms with van der Waals surface area (Å²) in [4.78, 5) is 30.4. The number of benzene rings is 2. The van der Waals surface area contributed by atoms with Gasteiger partial charge in [-0.15, -0.1) is 0 Å². The first-order valence-electron chi connectivity index (χ1n) is 10.2. The van der Waals surface area contributed by atoms with Crippen molar-refractivity contribution in [3.8, 4) is 0 Å². The third-order valence-corrected chi connectivity index (χ3v) is 5.28. The van der Waals surface area contributed by atoms with E-state index in [9.17, 15) is 9.59 Å². The number of aromatic nitrogens is 1. The normalized spacial score (nSPS) is 14.5. The Bertz CT molecular complexity index is 1020. The summed E-state index contributed by atoms with van der Waals surface area (Å²) in [7, 11) is 0. The van der Waals surface area contributed by atoms with E-state index in [1.54, 1.807) is 18.2 Å². The van der Waals surface area contributed by atoms with Gasteiger partial charge < -0.3 is 20.4 Å². The predicted octanol–water partition coefficient (Wildman–Crippen LogP) is 2.41. The molecule has 1 aliphatic heterocycles. The van der Waals surface area contributed by atoms with Crippen LogP contribution in [0.3, 0.4) is 0 Å². The second-order valence-electron chi connectivity index (χ2n) is 7.34. The summed E-state index contributed by atoms with van der Waals surface area (Å²) in [5.74, 6) is -0.324. The molecule has 1 aromatic heterocycles. The number of amides is 2. The second-order valence-corrected chi connectivity index (χ2v) is 7.34. The lowest BCUT2D eigenvalue weighted by atomic mass is 10.1. The van der Waals surface area contributed by atoms with Crippen molar-refractivity contribution in [3.63, 3.8) is 0 Å². The Balaban J connectivity index is 1.34. The second kappa shape index (κ2) is 9.56. The molecule has 0 bridgehead atoms. The van der Waals surface area contributed by atoms with Crippen LogP contribution < -0.4 is 10.6 Å². The number of hydrogen-bond donors (Lipinski definition) is 3. The quantitative estimate of drug-likeness (QED) is 0.562. The highest BCUT2D eigenvalue weighted by atomic mass is 16.5. The summed E-state index contributed by atoms with van der Waals surface area (Å²) < 4.78 is 5.31. The summed E-state index contributed by atoms with van der Waals surface area (Å²) in [6.45, 7) is 3.57. The molecule has 7 nitrogen and oxygen atoms in total. The summed E-state index contributed by atoms with van der Waals surface area (Å²) in [6, 6.07) is 15.3. The van der Waals surface area contributed by atoms with Crippen LogP contribution in [0.4, 0.5) is 5.69 Å². The van der Waals surface area contributed by atoms with Crippen LogP contribution in [0.2, 0.25) is 0 Å². The zero-order chi connectivity index (χ0) is 20.8. The number of carbonyl (C=O) groups excluding carboxylic acids is 2. The van der Waals surface area contributed by atoms with E-state index in [1.165, 1.54) is 10.9 Å². The van der Waals surface area contributed by atoms with Crippen molar-refractivity contribution in [1.29, 1.82) is 0 Å². The molecule has 0 saturated carbocycles. The van der Waals surface area contributed by atoms with E-state index in [0.29, 0.717) is 37.6 Å². The number of morpholine rings is 1. The molecule has 30 heavy (non-hydrogen) atoms. The summed E-state index contributed by atoms with van der Waals surface area (Å²) in [5, 5.41) is 7.02. The molecular formula is C23H26N4O3. The summed E-state index contributed by atoms with van der Waals surface area (Å²) in [5.41, 5.74) is 3.27. The third kappa shape index (κ3) is 4.87. The molecule has 2 amide bonds. The highest BCUT2D eigenvalue weighted by Gasteiger charge is 2.17. The molecule has 1 saturated heterocycles. The number of hydrogen-bond acceptors (Lipinski definition) is 4. The number of anilines is 1. The van der Waals surface area contributed by atoms with E-state index in [1.807, 2.05) is 35.4 Å². The van der Waals surface area contributed by atoms with Crippen LogP contribution >= 0.6 is 0 Å². The van der Waals surface area contributed by atoms with Crippen LogP contribution in [-0.2, 0) is 16.0 Å². The van der Waals surface area contributed by atoms with Crippen LogP contribution in [-0.4, -0.2) is 61.1 Å². The van der Waals surface area contributed by atoms with Gasteiger partial charge in [0.05, 0.1) is 31.0 Å². The smallest absolute Gasteiger partial charge is 0.253 e. The minimum Gasteiger partial charge on any atom is -0.379 e. The molecule has 0 spiro atoms. The van der Waals surface area contributed by atoms with Crippen molar-refractivity contribution in [2.45, 2.75) is 6.42 Å². The maximum absolute atomic E-state index is 12.7. The van der Waals surface area contributed by atoms with E-state index in [2.05, 4.69) is 21.7 Å². The number of aromatic amines is 1. The molecule has 1 aliphatic rings.